The molecule has 0 atom stereocenters. The van der Waals surface area contributed by atoms with Crippen molar-refractivity contribution in [2.75, 3.05) is 45.2 Å². The summed E-state index contributed by atoms with van der Waals surface area (Å²) < 4.78 is 45.8. The fourth-order valence-electron chi connectivity index (χ4n) is 4.13. The molecular weight excluding hydrogens is 469 g/mol. The third-order valence-corrected chi connectivity index (χ3v) is 7.95. The molecule has 184 valence electrons. The Bertz CT molecular complexity index is 1280. The average molecular weight is 498 g/mol. The van der Waals surface area contributed by atoms with Crippen LogP contribution in [0, 0.1) is 5.82 Å². The molecule has 0 N–H and O–H groups in total. The quantitative estimate of drug-likeness (QED) is 0.499. The third-order valence-electron chi connectivity index (χ3n) is 6.13. The van der Waals surface area contributed by atoms with E-state index < -0.39 is 10.0 Å². The number of nitrogens with zero attached hydrogens (tertiary/aromatic N) is 3. The number of hydrogen-bond donors (Lipinski definition) is 0. The molecular formula is C26H28FN3O4S. The van der Waals surface area contributed by atoms with Crippen LogP contribution in [-0.4, -0.2) is 63.9 Å². The van der Waals surface area contributed by atoms with Gasteiger partial charge in [-0.1, -0.05) is 18.2 Å². The minimum atomic E-state index is -3.70. The van der Waals surface area contributed by atoms with Crippen LogP contribution in [-0.2, 0) is 16.6 Å². The molecule has 1 saturated heterocycles. The highest BCUT2D eigenvalue weighted by molar-refractivity contribution is 7.89. The van der Waals surface area contributed by atoms with E-state index in [1.54, 1.807) is 65.6 Å². The number of rotatable bonds is 7. The van der Waals surface area contributed by atoms with Crippen LogP contribution in [0.2, 0.25) is 0 Å². The van der Waals surface area contributed by atoms with E-state index in [-0.39, 0.29) is 23.2 Å². The summed E-state index contributed by atoms with van der Waals surface area (Å²) in [4.78, 5) is 17.3. The first-order valence-electron chi connectivity index (χ1n) is 11.3. The van der Waals surface area contributed by atoms with E-state index >= 15 is 0 Å². The van der Waals surface area contributed by atoms with Crippen molar-refractivity contribution in [1.82, 2.24) is 9.21 Å². The summed E-state index contributed by atoms with van der Waals surface area (Å²) in [7, 11) is -0.678. The van der Waals surface area contributed by atoms with Gasteiger partial charge in [-0.3, -0.25) is 4.79 Å². The van der Waals surface area contributed by atoms with E-state index in [0.29, 0.717) is 43.1 Å². The predicted molar refractivity (Wildman–Crippen MR) is 133 cm³/mol. The van der Waals surface area contributed by atoms with Crippen LogP contribution < -0.4 is 9.64 Å². The molecule has 9 heteroatoms. The zero-order valence-electron chi connectivity index (χ0n) is 19.7. The number of carbonyl (C=O) groups is 1. The van der Waals surface area contributed by atoms with Gasteiger partial charge >= 0.3 is 0 Å². The number of methoxy groups -OCH3 is 1. The van der Waals surface area contributed by atoms with Crippen molar-refractivity contribution < 1.29 is 22.3 Å². The van der Waals surface area contributed by atoms with Crippen molar-refractivity contribution in [3.05, 3.63) is 89.7 Å². The second-order valence-corrected chi connectivity index (χ2v) is 10.4. The molecule has 0 radical (unpaired) electrons. The lowest BCUT2D eigenvalue weighted by Gasteiger charge is -2.36. The van der Waals surface area contributed by atoms with Gasteiger partial charge in [0.1, 0.15) is 11.6 Å². The largest absolute Gasteiger partial charge is 0.496 e. The Balaban J connectivity index is 1.47. The number of piperazine rings is 1. The monoisotopic (exact) mass is 497 g/mol. The van der Waals surface area contributed by atoms with Crippen LogP contribution in [0.25, 0.3) is 0 Å². The lowest BCUT2D eigenvalue weighted by molar-refractivity contribution is 0.0746. The van der Waals surface area contributed by atoms with E-state index in [1.807, 2.05) is 0 Å². The molecule has 1 aliphatic rings. The van der Waals surface area contributed by atoms with E-state index in [4.69, 9.17) is 4.74 Å². The molecule has 0 unspecified atom stereocenters. The summed E-state index contributed by atoms with van der Waals surface area (Å²) in [5.41, 5.74) is 2.00. The van der Waals surface area contributed by atoms with Crippen LogP contribution in [0.5, 0.6) is 5.75 Å². The Morgan fingerprint density at radius 1 is 0.971 bits per heavy atom. The number of anilines is 1. The van der Waals surface area contributed by atoms with Gasteiger partial charge in [-0.25, -0.2) is 12.8 Å². The third kappa shape index (κ3) is 5.47. The summed E-state index contributed by atoms with van der Waals surface area (Å²) >= 11 is 0. The van der Waals surface area contributed by atoms with Gasteiger partial charge < -0.3 is 14.5 Å². The molecule has 0 saturated carbocycles. The Morgan fingerprint density at radius 2 is 1.63 bits per heavy atom. The van der Waals surface area contributed by atoms with Gasteiger partial charge in [0.2, 0.25) is 10.0 Å². The zero-order chi connectivity index (χ0) is 25.0. The van der Waals surface area contributed by atoms with Crippen molar-refractivity contribution in [2.45, 2.75) is 11.4 Å². The minimum absolute atomic E-state index is 0.0554. The molecule has 4 rings (SSSR count). The highest BCUT2D eigenvalue weighted by Gasteiger charge is 2.25. The van der Waals surface area contributed by atoms with Crippen molar-refractivity contribution >= 4 is 21.6 Å². The molecule has 0 aliphatic carbocycles. The average Bonchev–Trinajstić information content (AvgIpc) is 2.89. The molecule has 7 nitrogen and oxygen atoms in total. The maximum atomic E-state index is 13.2. The number of carbonyl (C=O) groups excluding carboxylic acids is 1. The highest BCUT2D eigenvalue weighted by Crippen LogP contribution is 2.25. The number of hydrogen-bond acceptors (Lipinski definition) is 5. The molecule has 1 heterocycles. The molecule has 3 aromatic rings. The smallest absolute Gasteiger partial charge is 0.253 e. The molecule has 0 aromatic heterocycles. The molecule has 1 fully saturated rings. The fraction of sp³-hybridized carbons (Fsp3) is 0.269. The predicted octanol–water partition coefficient (Wildman–Crippen LogP) is 3.62. The number of amides is 1. The van der Waals surface area contributed by atoms with Gasteiger partial charge in [-0.15, -0.1) is 0 Å². The maximum absolute atomic E-state index is 13.2. The molecule has 1 amide bonds. The van der Waals surface area contributed by atoms with Gasteiger partial charge in [0.25, 0.3) is 5.91 Å². The Labute approximate surface area is 205 Å². The van der Waals surface area contributed by atoms with Crippen molar-refractivity contribution in [3.63, 3.8) is 0 Å². The van der Waals surface area contributed by atoms with Gasteiger partial charge in [0, 0.05) is 56.6 Å². The number of sulfonamides is 1. The first kappa shape index (κ1) is 24.7. The number of halogens is 1. The normalized spacial score (nSPS) is 14.3. The van der Waals surface area contributed by atoms with E-state index in [1.165, 1.54) is 30.6 Å². The Kier molecular flexibility index (Phi) is 7.37. The van der Waals surface area contributed by atoms with Gasteiger partial charge in [-0.2, -0.15) is 4.31 Å². The number of benzene rings is 3. The summed E-state index contributed by atoms with van der Waals surface area (Å²) in [5, 5.41) is 0. The first-order valence-corrected chi connectivity index (χ1v) is 12.7. The minimum Gasteiger partial charge on any atom is -0.496 e. The molecule has 1 aliphatic heterocycles. The summed E-state index contributed by atoms with van der Waals surface area (Å²) in [6.45, 7) is 2.39. The number of ether oxygens (including phenoxy) is 1. The molecule has 0 bridgehead atoms. The van der Waals surface area contributed by atoms with Crippen LogP contribution in [0.3, 0.4) is 0 Å². The van der Waals surface area contributed by atoms with Gasteiger partial charge in [0.05, 0.1) is 12.0 Å². The van der Waals surface area contributed by atoms with Crippen molar-refractivity contribution in [3.8, 4) is 5.75 Å². The second-order valence-electron chi connectivity index (χ2n) is 8.36. The summed E-state index contributed by atoms with van der Waals surface area (Å²) in [6.07, 6.45) is 0. The Morgan fingerprint density at radius 3 is 2.26 bits per heavy atom. The summed E-state index contributed by atoms with van der Waals surface area (Å²) in [6, 6.07) is 19.6. The van der Waals surface area contributed by atoms with E-state index in [9.17, 15) is 17.6 Å². The lowest BCUT2D eigenvalue weighted by Crippen LogP contribution is -2.48. The lowest BCUT2D eigenvalue weighted by atomic mass is 10.1. The molecule has 3 aromatic carbocycles. The Hall–Kier alpha value is -3.43. The highest BCUT2D eigenvalue weighted by atomic mass is 32.2. The van der Waals surface area contributed by atoms with Crippen LogP contribution in [0.1, 0.15) is 15.9 Å². The SMILES string of the molecule is COc1ccc(C(=O)N2CCN(c3ccc(F)cc3)CC2)cc1CN(C)S(=O)(=O)c1ccccc1. The molecule has 35 heavy (non-hydrogen) atoms. The van der Waals surface area contributed by atoms with Crippen LogP contribution in [0.15, 0.2) is 77.7 Å². The topological polar surface area (TPSA) is 70.2 Å². The van der Waals surface area contributed by atoms with Gasteiger partial charge in [-0.05, 0) is 54.6 Å². The van der Waals surface area contributed by atoms with Gasteiger partial charge in [0.15, 0.2) is 0 Å². The zero-order valence-corrected chi connectivity index (χ0v) is 20.5. The maximum Gasteiger partial charge on any atom is 0.253 e. The van der Waals surface area contributed by atoms with Crippen molar-refractivity contribution in [2.24, 2.45) is 0 Å². The summed E-state index contributed by atoms with van der Waals surface area (Å²) in [5.74, 6) is 0.110. The van der Waals surface area contributed by atoms with E-state index in [2.05, 4.69) is 4.90 Å². The fourth-order valence-corrected chi connectivity index (χ4v) is 5.30. The van der Waals surface area contributed by atoms with E-state index in [0.717, 1.165) is 5.69 Å². The van der Waals surface area contributed by atoms with Crippen LogP contribution >= 0.6 is 0 Å². The molecule has 0 spiro atoms. The van der Waals surface area contributed by atoms with Crippen molar-refractivity contribution in [1.29, 1.82) is 0 Å². The second kappa shape index (κ2) is 10.5. The van der Waals surface area contributed by atoms with Crippen LogP contribution in [0.4, 0.5) is 10.1 Å². The standard InChI is InChI=1S/C26H28FN3O4S/c1-28(35(32,33)24-6-4-3-5-7-24)19-21-18-20(8-13-25(21)34-2)26(31)30-16-14-29(15-17-30)23-11-9-22(27)10-12-23/h3-13,18H,14-17,19H2,1-2H3. The first-order chi connectivity index (χ1) is 16.8.